The number of hydrogen-bond donors (Lipinski definition) is 1. The number of aliphatic carboxylic acids is 1. The molecule has 3 aliphatic carbocycles. The van der Waals surface area contributed by atoms with Gasteiger partial charge < -0.3 is 9.84 Å². The lowest BCUT2D eigenvalue weighted by Gasteiger charge is -2.59. The summed E-state index contributed by atoms with van der Waals surface area (Å²) >= 11 is 0. The highest BCUT2D eigenvalue weighted by Gasteiger charge is 2.55. The molecule has 0 radical (unpaired) electrons. The summed E-state index contributed by atoms with van der Waals surface area (Å²) in [4.78, 5) is 23.7. The summed E-state index contributed by atoms with van der Waals surface area (Å²) in [6, 6.07) is 0. The Balaban J connectivity index is 1.69. The molecule has 0 amide bonds. The first-order valence-corrected chi connectivity index (χ1v) is 12.1. The summed E-state index contributed by atoms with van der Waals surface area (Å²) in [6.07, 6.45) is 13.3. The van der Waals surface area contributed by atoms with Crippen molar-refractivity contribution in [2.45, 2.75) is 92.4 Å². The van der Waals surface area contributed by atoms with E-state index in [0.717, 1.165) is 19.3 Å². The van der Waals surface area contributed by atoms with Crippen LogP contribution in [0, 0.1) is 33.5 Å². The van der Waals surface area contributed by atoms with Crippen molar-refractivity contribution in [1.29, 1.82) is 0 Å². The molecule has 0 aromatic heterocycles. The largest absolute Gasteiger partial charge is 0.481 e. The van der Waals surface area contributed by atoms with E-state index in [4.69, 9.17) is 4.74 Å². The zero-order valence-corrected chi connectivity index (χ0v) is 20.3. The maximum absolute atomic E-state index is 12.4. The molecule has 1 N–H and O–H groups in total. The van der Waals surface area contributed by atoms with Crippen molar-refractivity contribution in [3.8, 4) is 0 Å². The fourth-order valence-corrected chi connectivity index (χ4v) is 6.76. The zero-order valence-electron chi connectivity index (χ0n) is 20.3. The summed E-state index contributed by atoms with van der Waals surface area (Å²) in [5.41, 5.74) is 1.14. The molecule has 0 aromatic rings. The molecule has 31 heavy (non-hydrogen) atoms. The lowest BCUT2D eigenvalue weighted by molar-refractivity contribution is -0.154. The standard InChI is InChI=1S/C27H42O4/c1-7-25(4)16-11-20-19(17-25)9-10-21-26(5,13-8-14-27(20,21)6)18-31-22(28)12-15-24(2,3)23(29)30/h7,11,19,21H,1,8-10,12-18H2,2-6H3,(H,29,30). The molecule has 3 aliphatic rings. The van der Waals surface area contributed by atoms with Crippen LogP contribution >= 0.6 is 0 Å². The van der Waals surface area contributed by atoms with Gasteiger partial charge in [0.2, 0.25) is 0 Å². The Kier molecular flexibility index (Phi) is 6.53. The normalized spacial score (nSPS) is 37.8. The average molecular weight is 431 g/mol. The predicted molar refractivity (Wildman–Crippen MR) is 124 cm³/mol. The van der Waals surface area contributed by atoms with E-state index in [0.29, 0.717) is 24.9 Å². The molecule has 0 heterocycles. The van der Waals surface area contributed by atoms with Crippen LogP contribution in [0.15, 0.2) is 24.3 Å². The van der Waals surface area contributed by atoms with Crippen LogP contribution in [0.3, 0.4) is 0 Å². The molecule has 4 nitrogen and oxygen atoms in total. The van der Waals surface area contributed by atoms with Crippen molar-refractivity contribution in [2.24, 2.45) is 33.5 Å². The number of fused-ring (bicyclic) bond motifs is 3. The lowest BCUT2D eigenvalue weighted by atomic mass is 9.46. The topological polar surface area (TPSA) is 63.6 Å². The summed E-state index contributed by atoms with van der Waals surface area (Å²) in [6.45, 7) is 14.9. The van der Waals surface area contributed by atoms with Gasteiger partial charge >= 0.3 is 11.9 Å². The second kappa shape index (κ2) is 8.41. The minimum Gasteiger partial charge on any atom is -0.481 e. The van der Waals surface area contributed by atoms with Gasteiger partial charge in [-0.15, -0.1) is 6.58 Å². The van der Waals surface area contributed by atoms with E-state index in [-0.39, 0.29) is 28.6 Å². The summed E-state index contributed by atoms with van der Waals surface area (Å²) in [5.74, 6) is 0.0317. The Morgan fingerprint density at radius 3 is 2.61 bits per heavy atom. The average Bonchev–Trinajstić information content (AvgIpc) is 2.70. The SMILES string of the molecule is C=CC1(C)CC=C2C(CCC3C(C)(COC(=O)CCC(C)(C)C(=O)O)CCCC23C)C1. The molecule has 5 unspecified atom stereocenters. The number of carbonyl (C=O) groups is 2. The first-order valence-electron chi connectivity index (χ1n) is 12.1. The molecule has 5 atom stereocenters. The van der Waals surface area contributed by atoms with Crippen LogP contribution in [0.25, 0.3) is 0 Å². The van der Waals surface area contributed by atoms with E-state index in [1.807, 2.05) is 0 Å². The van der Waals surface area contributed by atoms with Gasteiger partial charge in [0.05, 0.1) is 12.0 Å². The van der Waals surface area contributed by atoms with Crippen molar-refractivity contribution in [3.05, 3.63) is 24.3 Å². The van der Waals surface area contributed by atoms with Crippen molar-refractivity contribution in [1.82, 2.24) is 0 Å². The van der Waals surface area contributed by atoms with E-state index < -0.39 is 11.4 Å². The van der Waals surface area contributed by atoms with Gasteiger partial charge in [-0.25, -0.2) is 0 Å². The highest BCUT2D eigenvalue weighted by atomic mass is 16.5. The Labute approximate surface area is 188 Å². The number of esters is 1. The monoisotopic (exact) mass is 430 g/mol. The molecule has 0 aromatic carbocycles. The third-order valence-electron chi connectivity index (χ3n) is 9.05. The molecule has 0 spiro atoms. The Morgan fingerprint density at radius 2 is 1.97 bits per heavy atom. The number of carboxylic acids is 1. The van der Waals surface area contributed by atoms with Crippen molar-refractivity contribution >= 4 is 11.9 Å². The Bertz CT molecular complexity index is 765. The third kappa shape index (κ3) is 4.64. The van der Waals surface area contributed by atoms with Gasteiger partial charge in [-0.05, 0) is 81.5 Å². The van der Waals surface area contributed by atoms with Gasteiger partial charge in [0.15, 0.2) is 0 Å². The van der Waals surface area contributed by atoms with Crippen LogP contribution in [-0.2, 0) is 14.3 Å². The Hall–Kier alpha value is -1.58. The fourth-order valence-electron chi connectivity index (χ4n) is 6.76. The van der Waals surface area contributed by atoms with E-state index in [1.165, 1.54) is 25.7 Å². The highest BCUT2D eigenvalue weighted by molar-refractivity contribution is 5.75. The highest BCUT2D eigenvalue weighted by Crippen LogP contribution is 2.63. The maximum atomic E-state index is 12.4. The zero-order chi connectivity index (χ0) is 23.1. The summed E-state index contributed by atoms with van der Waals surface area (Å²) in [5, 5.41) is 9.27. The van der Waals surface area contributed by atoms with Gasteiger partial charge in [-0.1, -0.05) is 44.9 Å². The third-order valence-corrected chi connectivity index (χ3v) is 9.05. The number of hydrogen-bond acceptors (Lipinski definition) is 3. The van der Waals surface area contributed by atoms with Crippen molar-refractivity contribution in [2.75, 3.05) is 6.61 Å². The van der Waals surface area contributed by atoms with Crippen LogP contribution in [-0.4, -0.2) is 23.7 Å². The van der Waals surface area contributed by atoms with Gasteiger partial charge in [-0.2, -0.15) is 0 Å². The number of carboxylic acid groups (broad SMARTS) is 1. The van der Waals surface area contributed by atoms with E-state index in [1.54, 1.807) is 19.4 Å². The van der Waals surface area contributed by atoms with Crippen LogP contribution in [0.1, 0.15) is 92.4 Å². The van der Waals surface area contributed by atoms with Crippen LogP contribution in [0.2, 0.25) is 0 Å². The van der Waals surface area contributed by atoms with E-state index in [2.05, 4.69) is 39.5 Å². The quantitative estimate of drug-likeness (QED) is 0.367. The first-order chi connectivity index (χ1) is 14.4. The number of allylic oxidation sites excluding steroid dienone is 3. The maximum Gasteiger partial charge on any atom is 0.309 e. The molecule has 3 rings (SSSR count). The van der Waals surface area contributed by atoms with Gasteiger partial charge in [0.25, 0.3) is 0 Å². The first kappa shape index (κ1) is 24.1. The number of rotatable bonds is 7. The second-order valence-electron chi connectivity index (χ2n) is 12.0. The van der Waals surface area contributed by atoms with E-state index >= 15 is 0 Å². The second-order valence-corrected chi connectivity index (χ2v) is 12.0. The molecule has 174 valence electrons. The van der Waals surface area contributed by atoms with Crippen molar-refractivity contribution < 1.29 is 19.4 Å². The van der Waals surface area contributed by atoms with Crippen LogP contribution in [0.5, 0.6) is 0 Å². The number of ether oxygens (including phenoxy) is 1. The van der Waals surface area contributed by atoms with E-state index in [9.17, 15) is 14.7 Å². The molecule has 0 bridgehead atoms. The lowest BCUT2D eigenvalue weighted by Crippen LogP contribution is -2.51. The molecule has 2 saturated carbocycles. The van der Waals surface area contributed by atoms with Gasteiger partial charge in [-0.3, -0.25) is 9.59 Å². The minimum absolute atomic E-state index is 0.0179. The minimum atomic E-state index is -0.905. The fraction of sp³-hybridized carbons (Fsp3) is 0.778. The van der Waals surface area contributed by atoms with Gasteiger partial charge in [0, 0.05) is 11.8 Å². The summed E-state index contributed by atoms with van der Waals surface area (Å²) in [7, 11) is 0. The predicted octanol–water partition coefficient (Wildman–Crippen LogP) is 6.56. The van der Waals surface area contributed by atoms with Gasteiger partial charge in [0.1, 0.15) is 0 Å². The Morgan fingerprint density at radius 1 is 1.26 bits per heavy atom. The number of carbonyl (C=O) groups excluding carboxylic acids is 1. The molecule has 4 heteroatoms. The molecule has 0 saturated heterocycles. The molecule has 2 fully saturated rings. The smallest absolute Gasteiger partial charge is 0.309 e. The summed E-state index contributed by atoms with van der Waals surface area (Å²) < 4.78 is 5.78. The molecular weight excluding hydrogens is 388 g/mol. The van der Waals surface area contributed by atoms with Crippen LogP contribution in [0.4, 0.5) is 0 Å². The molecular formula is C27H42O4. The van der Waals surface area contributed by atoms with Crippen molar-refractivity contribution in [3.63, 3.8) is 0 Å². The molecule has 0 aliphatic heterocycles. The van der Waals surface area contributed by atoms with Crippen LogP contribution < -0.4 is 0 Å².